The second kappa shape index (κ2) is 14.0. The summed E-state index contributed by atoms with van der Waals surface area (Å²) < 4.78 is 65.0. The first-order valence-electron chi connectivity index (χ1n) is 13.0. The number of carboxylic acid groups (broad SMARTS) is 1. The third kappa shape index (κ3) is 8.69. The molecule has 0 spiro atoms. The van der Waals surface area contributed by atoms with Crippen molar-refractivity contribution in [2.24, 2.45) is 5.73 Å². The SMILES string of the molecule is CCCC[C@]1(CC)CS(=O)(=O)c2cc(CCCC(N)=O)c(OC)cc2[C@@H](c2ccccc2)N1.O=C(O)C(F)(F)F. The fraction of sp³-hybridized carbons (Fsp3) is 0.500. The molecule has 2 aromatic rings. The van der Waals surface area contributed by atoms with Gasteiger partial charge >= 0.3 is 12.1 Å². The monoisotopic (exact) mass is 586 g/mol. The first-order chi connectivity index (χ1) is 18.7. The van der Waals surface area contributed by atoms with E-state index in [0.29, 0.717) is 35.5 Å². The van der Waals surface area contributed by atoms with E-state index >= 15 is 0 Å². The number of amides is 1. The van der Waals surface area contributed by atoms with Gasteiger partial charge in [-0.25, -0.2) is 13.2 Å². The Balaban J connectivity index is 0.000000708. The molecule has 40 heavy (non-hydrogen) atoms. The van der Waals surface area contributed by atoms with E-state index in [0.717, 1.165) is 30.4 Å². The summed E-state index contributed by atoms with van der Waals surface area (Å²) in [4.78, 5) is 20.5. The number of primary amides is 1. The van der Waals surface area contributed by atoms with Crippen molar-refractivity contribution < 1.29 is 41.0 Å². The van der Waals surface area contributed by atoms with Crippen LogP contribution in [0.2, 0.25) is 0 Å². The number of aryl methyl sites for hydroxylation is 1. The zero-order chi connectivity index (χ0) is 30.1. The Hall–Kier alpha value is -3.12. The van der Waals surface area contributed by atoms with Crippen LogP contribution in [0, 0.1) is 0 Å². The molecule has 0 aromatic heterocycles. The number of unbranched alkanes of at least 4 members (excludes halogenated alkanes) is 1. The van der Waals surface area contributed by atoms with Crippen molar-refractivity contribution in [2.45, 2.75) is 81.4 Å². The van der Waals surface area contributed by atoms with Gasteiger partial charge in [-0.2, -0.15) is 13.2 Å². The molecule has 8 nitrogen and oxygen atoms in total. The van der Waals surface area contributed by atoms with Gasteiger partial charge in [0.15, 0.2) is 9.84 Å². The fourth-order valence-electron chi connectivity index (χ4n) is 4.77. The van der Waals surface area contributed by atoms with Crippen LogP contribution in [0.1, 0.15) is 75.1 Å². The third-order valence-corrected chi connectivity index (χ3v) is 8.86. The van der Waals surface area contributed by atoms with E-state index < -0.39 is 27.5 Å². The second-order valence-corrected chi connectivity index (χ2v) is 11.8. The fourth-order valence-corrected chi connectivity index (χ4v) is 6.94. The van der Waals surface area contributed by atoms with E-state index in [4.69, 9.17) is 20.4 Å². The molecule has 1 heterocycles. The number of hydrogen-bond donors (Lipinski definition) is 3. The Bertz CT molecular complexity index is 1270. The summed E-state index contributed by atoms with van der Waals surface area (Å²) in [6.07, 6.45) is -0.310. The molecule has 1 aliphatic heterocycles. The molecule has 12 heteroatoms. The number of alkyl halides is 3. The average Bonchev–Trinajstić information content (AvgIpc) is 2.99. The number of methoxy groups -OCH3 is 1. The highest BCUT2D eigenvalue weighted by Gasteiger charge is 2.42. The number of halogens is 3. The summed E-state index contributed by atoms with van der Waals surface area (Å²) in [6, 6.07) is 13.3. The van der Waals surface area contributed by atoms with E-state index in [1.807, 2.05) is 36.4 Å². The second-order valence-electron chi connectivity index (χ2n) is 9.81. The molecule has 4 N–H and O–H groups in total. The molecule has 222 valence electrons. The van der Waals surface area contributed by atoms with Gasteiger partial charge in [0.05, 0.1) is 23.8 Å². The summed E-state index contributed by atoms with van der Waals surface area (Å²) >= 11 is 0. The minimum Gasteiger partial charge on any atom is -0.496 e. The van der Waals surface area contributed by atoms with Gasteiger partial charge in [-0.15, -0.1) is 0 Å². The van der Waals surface area contributed by atoms with E-state index in [-0.39, 0.29) is 24.1 Å². The van der Waals surface area contributed by atoms with Gasteiger partial charge in [-0.1, -0.05) is 57.0 Å². The highest BCUT2D eigenvalue weighted by molar-refractivity contribution is 7.91. The largest absolute Gasteiger partial charge is 0.496 e. The van der Waals surface area contributed by atoms with E-state index in [2.05, 4.69) is 19.2 Å². The number of carbonyl (C=O) groups excluding carboxylic acids is 1. The third-order valence-electron chi connectivity index (χ3n) is 6.91. The molecule has 0 radical (unpaired) electrons. The summed E-state index contributed by atoms with van der Waals surface area (Å²) in [7, 11) is -1.98. The van der Waals surface area contributed by atoms with Crippen LogP contribution in [0.15, 0.2) is 47.4 Å². The molecule has 3 rings (SSSR count). The molecular weight excluding hydrogens is 549 g/mol. The predicted molar refractivity (Wildman–Crippen MR) is 145 cm³/mol. The normalized spacial score (nSPS) is 19.9. The molecular formula is C28H37F3N2O6S. The number of sulfone groups is 1. The Morgan fingerprint density at radius 1 is 1.15 bits per heavy atom. The van der Waals surface area contributed by atoms with Gasteiger partial charge in [0.25, 0.3) is 0 Å². The number of nitrogens with one attached hydrogen (secondary N) is 1. The molecule has 0 bridgehead atoms. The number of benzene rings is 2. The van der Waals surface area contributed by atoms with Crippen molar-refractivity contribution in [1.29, 1.82) is 0 Å². The Kier molecular flexibility index (Phi) is 11.6. The summed E-state index contributed by atoms with van der Waals surface area (Å²) in [5, 5.41) is 10.9. The summed E-state index contributed by atoms with van der Waals surface area (Å²) in [5.41, 5.74) is 7.29. The number of rotatable bonds is 10. The molecule has 2 atom stereocenters. The molecule has 0 saturated heterocycles. The Morgan fingerprint density at radius 2 is 1.77 bits per heavy atom. The number of carboxylic acids is 1. The highest BCUT2D eigenvalue weighted by atomic mass is 32.2. The number of fused-ring (bicyclic) bond motifs is 1. The van der Waals surface area contributed by atoms with Crippen LogP contribution >= 0.6 is 0 Å². The zero-order valence-electron chi connectivity index (χ0n) is 22.9. The molecule has 0 fully saturated rings. The number of ether oxygens (including phenoxy) is 1. The minimum atomic E-state index is -5.08. The smallest absolute Gasteiger partial charge is 0.490 e. The standard InChI is InChI=1S/C26H36N2O4S.C2HF3O2/c1-4-6-15-26(5-2)18-33(30,31)23-16-20(13-10-14-24(27)29)22(32-3)17-21(23)25(28-26)19-11-8-7-9-12-19;3-2(4,5)1(6)7/h7-9,11-12,16-17,25,28H,4-6,10,13-15,18H2,1-3H3,(H2,27,29);(H,6,7)/t25-,26-;/m1./s1. The molecule has 1 amide bonds. The minimum absolute atomic E-state index is 0.0554. The van der Waals surface area contributed by atoms with E-state index in [1.165, 1.54) is 0 Å². The Labute approximate surface area is 233 Å². The van der Waals surface area contributed by atoms with Gasteiger partial charge in [0, 0.05) is 12.0 Å². The lowest BCUT2D eigenvalue weighted by atomic mass is 9.87. The van der Waals surface area contributed by atoms with Crippen molar-refractivity contribution in [3.8, 4) is 5.75 Å². The summed E-state index contributed by atoms with van der Waals surface area (Å²) in [6.45, 7) is 4.19. The van der Waals surface area contributed by atoms with Crippen molar-refractivity contribution in [1.82, 2.24) is 5.32 Å². The number of nitrogens with two attached hydrogens (primary N) is 1. The van der Waals surface area contributed by atoms with Gasteiger partial charge in [0.2, 0.25) is 5.91 Å². The highest BCUT2D eigenvalue weighted by Crippen LogP contribution is 2.41. The van der Waals surface area contributed by atoms with Gasteiger partial charge in [-0.05, 0) is 54.5 Å². The van der Waals surface area contributed by atoms with Crippen molar-refractivity contribution in [3.05, 3.63) is 59.2 Å². The molecule has 0 aliphatic carbocycles. The van der Waals surface area contributed by atoms with Crippen molar-refractivity contribution in [2.75, 3.05) is 12.9 Å². The van der Waals surface area contributed by atoms with Gasteiger partial charge < -0.3 is 15.6 Å². The van der Waals surface area contributed by atoms with E-state index in [1.54, 1.807) is 13.2 Å². The maximum absolute atomic E-state index is 13.8. The maximum Gasteiger partial charge on any atom is 0.490 e. The molecule has 0 unspecified atom stereocenters. The summed E-state index contributed by atoms with van der Waals surface area (Å²) in [5.74, 6) is -2.44. The molecule has 0 saturated carbocycles. The van der Waals surface area contributed by atoms with Crippen LogP contribution in [0.3, 0.4) is 0 Å². The number of hydrogen-bond acceptors (Lipinski definition) is 6. The van der Waals surface area contributed by atoms with Crippen molar-refractivity contribution in [3.63, 3.8) is 0 Å². The molecule has 1 aliphatic rings. The Morgan fingerprint density at radius 3 is 2.27 bits per heavy atom. The molecule has 2 aromatic carbocycles. The van der Waals surface area contributed by atoms with Gasteiger partial charge in [0.1, 0.15) is 5.75 Å². The quantitative estimate of drug-likeness (QED) is 0.359. The average molecular weight is 587 g/mol. The lowest BCUT2D eigenvalue weighted by molar-refractivity contribution is -0.192. The lowest BCUT2D eigenvalue weighted by Crippen LogP contribution is -2.50. The van der Waals surface area contributed by atoms with E-state index in [9.17, 15) is 26.4 Å². The van der Waals surface area contributed by atoms with Crippen LogP contribution in [0.25, 0.3) is 0 Å². The van der Waals surface area contributed by atoms with Crippen LogP contribution in [-0.2, 0) is 25.8 Å². The van der Waals surface area contributed by atoms with Gasteiger partial charge in [-0.3, -0.25) is 10.1 Å². The van der Waals surface area contributed by atoms with Crippen LogP contribution in [0.4, 0.5) is 13.2 Å². The first-order valence-corrected chi connectivity index (χ1v) is 14.7. The van der Waals surface area contributed by atoms with Crippen LogP contribution in [0.5, 0.6) is 5.75 Å². The van der Waals surface area contributed by atoms with Crippen molar-refractivity contribution >= 4 is 21.7 Å². The first kappa shape index (κ1) is 33.1. The lowest BCUT2D eigenvalue weighted by Gasteiger charge is -2.36. The topological polar surface area (TPSA) is 136 Å². The number of aliphatic carboxylic acids is 1. The predicted octanol–water partition coefficient (Wildman–Crippen LogP) is 4.94. The number of carbonyl (C=O) groups is 2. The van der Waals surface area contributed by atoms with Crippen LogP contribution < -0.4 is 15.8 Å². The van der Waals surface area contributed by atoms with Crippen LogP contribution in [-0.4, -0.2) is 50.0 Å². The maximum atomic E-state index is 13.8. The zero-order valence-corrected chi connectivity index (χ0v) is 23.7.